The van der Waals surface area contributed by atoms with E-state index in [1.807, 2.05) is 0 Å². The summed E-state index contributed by atoms with van der Waals surface area (Å²) in [4.78, 5) is 45.7. The number of hydrogen-bond acceptors (Lipinski definition) is 6. The molecule has 0 aliphatic rings. The summed E-state index contributed by atoms with van der Waals surface area (Å²) in [5.74, 6) is -6.43. The number of phenolic OH excluding ortho intramolecular Hbond substituents is 1. The van der Waals surface area contributed by atoms with Gasteiger partial charge in [0.25, 0.3) is 0 Å². The van der Waals surface area contributed by atoms with E-state index in [9.17, 15) is 34.5 Å². The minimum Gasteiger partial charge on any atom is -0.507 e. The standard InChI is InChI=1S/C22H14O10/c23-15-2-1-3-17(32-16-7-5-11(20(26)27)9-14(16)22(30)31)18(15)12-6-4-10(19(24)25)8-13(12)21(28)29/h1-9,23H,(H,24,25)(H,26,27)(H,28,29)(H,30,31). The van der Waals surface area contributed by atoms with Crippen molar-refractivity contribution in [1.29, 1.82) is 0 Å². The summed E-state index contributed by atoms with van der Waals surface area (Å²) in [6, 6.07) is 10.3. The number of benzene rings is 3. The molecule has 0 unspecified atom stereocenters. The molecule has 0 aliphatic heterocycles. The van der Waals surface area contributed by atoms with Crippen molar-refractivity contribution in [3.63, 3.8) is 0 Å². The molecule has 0 aromatic heterocycles. The summed E-state index contributed by atoms with van der Waals surface area (Å²) in [7, 11) is 0. The van der Waals surface area contributed by atoms with Crippen LogP contribution in [-0.2, 0) is 0 Å². The Kier molecular flexibility index (Phi) is 5.79. The number of carboxylic acid groups (broad SMARTS) is 4. The Morgan fingerprint density at radius 2 is 1.19 bits per heavy atom. The van der Waals surface area contributed by atoms with Gasteiger partial charge in [-0.1, -0.05) is 12.1 Å². The smallest absolute Gasteiger partial charge is 0.339 e. The number of aromatic hydroxyl groups is 1. The Morgan fingerprint density at radius 3 is 1.75 bits per heavy atom. The van der Waals surface area contributed by atoms with E-state index < -0.39 is 40.8 Å². The van der Waals surface area contributed by atoms with Crippen molar-refractivity contribution >= 4 is 23.9 Å². The molecule has 0 spiro atoms. The molecule has 0 fully saturated rings. The Bertz CT molecular complexity index is 1280. The molecule has 162 valence electrons. The van der Waals surface area contributed by atoms with Gasteiger partial charge in [0.15, 0.2) is 0 Å². The van der Waals surface area contributed by atoms with E-state index in [-0.39, 0.29) is 33.8 Å². The van der Waals surface area contributed by atoms with Crippen LogP contribution in [0.3, 0.4) is 0 Å². The van der Waals surface area contributed by atoms with Crippen molar-refractivity contribution in [3.05, 3.63) is 76.9 Å². The molecule has 0 saturated carbocycles. The molecule has 3 aromatic carbocycles. The third-order valence-electron chi connectivity index (χ3n) is 4.45. The highest BCUT2D eigenvalue weighted by molar-refractivity contribution is 6.01. The van der Waals surface area contributed by atoms with E-state index in [0.29, 0.717) is 0 Å². The van der Waals surface area contributed by atoms with Crippen LogP contribution >= 0.6 is 0 Å². The predicted octanol–water partition coefficient (Wildman–Crippen LogP) is 3.64. The lowest BCUT2D eigenvalue weighted by molar-refractivity contribution is 0.0675. The lowest BCUT2D eigenvalue weighted by atomic mass is 9.96. The van der Waals surface area contributed by atoms with E-state index in [2.05, 4.69) is 0 Å². The highest BCUT2D eigenvalue weighted by atomic mass is 16.5. The second kappa shape index (κ2) is 8.48. The number of rotatable bonds is 7. The highest BCUT2D eigenvalue weighted by Gasteiger charge is 2.23. The van der Waals surface area contributed by atoms with Crippen LogP contribution in [0.4, 0.5) is 0 Å². The molecule has 10 heteroatoms. The van der Waals surface area contributed by atoms with Crippen molar-refractivity contribution in [1.82, 2.24) is 0 Å². The van der Waals surface area contributed by atoms with E-state index in [1.54, 1.807) is 0 Å². The topological polar surface area (TPSA) is 179 Å². The first kappa shape index (κ1) is 21.8. The minimum absolute atomic E-state index is 0.0744. The number of ether oxygens (including phenoxy) is 1. The quantitative estimate of drug-likeness (QED) is 0.365. The SMILES string of the molecule is O=C(O)c1ccc(Oc2cccc(O)c2-c2ccc(C(=O)O)cc2C(=O)O)c(C(=O)O)c1. The van der Waals surface area contributed by atoms with E-state index in [4.69, 9.17) is 14.9 Å². The summed E-state index contributed by atoms with van der Waals surface area (Å²) < 4.78 is 5.64. The van der Waals surface area contributed by atoms with Gasteiger partial charge in [-0.25, -0.2) is 19.2 Å². The van der Waals surface area contributed by atoms with Crippen LogP contribution in [0.15, 0.2) is 54.6 Å². The third-order valence-corrected chi connectivity index (χ3v) is 4.45. The second-order valence-electron chi connectivity index (χ2n) is 6.44. The fourth-order valence-corrected chi connectivity index (χ4v) is 2.99. The van der Waals surface area contributed by atoms with Crippen molar-refractivity contribution in [2.24, 2.45) is 0 Å². The van der Waals surface area contributed by atoms with Crippen LogP contribution in [0, 0.1) is 0 Å². The normalized spacial score (nSPS) is 10.4. The molecule has 3 rings (SSSR count). The molecule has 0 radical (unpaired) electrons. The molecule has 32 heavy (non-hydrogen) atoms. The summed E-state index contributed by atoms with van der Waals surface area (Å²) in [6.07, 6.45) is 0. The average Bonchev–Trinajstić information content (AvgIpc) is 2.73. The van der Waals surface area contributed by atoms with Gasteiger partial charge in [-0.2, -0.15) is 0 Å². The van der Waals surface area contributed by atoms with Gasteiger partial charge in [0, 0.05) is 5.56 Å². The maximum Gasteiger partial charge on any atom is 0.339 e. The van der Waals surface area contributed by atoms with Gasteiger partial charge >= 0.3 is 23.9 Å². The Balaban J connectivity index is 2.19. The van der Waals surface area contributed by atoms with Gasteiger partial charge in [-0.3, -0.25) is 0 Å². The van der Waals surface area contributed by atoms with Crippen molar-refractivity contribution in [2.45, 2.75) is 0 Å². The molecular formula is C22H14O10. The molecule has 3 aromatic rings. The van der Waals surface area contributed by atoms with Crippen molar-refractivity contribution in [2.75, 3.05) is 0 Å². The summed E-state index contributed by atoms with van der Waals surface area (Å²) in [5.41, 5.74) is -1.69. The van der Waals surface area contributed by atoms with Gasteiger partial charge in [-0.05, 0) is 42.5 Å². The van der Waals surface area contributed by atoms with E-state index in [0.717, 1.165) is 30.3 Å². The molecule has 0 heterocycles. The van der Waals surface area contributed by atoms with Crippen molar-refractivity contribution < 1.29 is 49.4 Å². The van der Waals surface area contributed by atoms with Gasteiger partial charge < -0.3 is 30.3 Å². The molecular weight excluding hydrogens is 424 g/mol. The van der Waals surface area contributed by atoms with Gasteiger partial charge in [0.05, 0.1) is 22.3 Å². The molecule has 10 nitrogen and oxygen atoms in total. The fourth-order valence-electron chi connectivity index (χ4n) is 2.99. The van der Waals surface area contributed by atoms with Crippen molar-refractivity contribution in [3.8, 4) is 28.4 Å². The summed E-state index contributed by atoms with van der Waals surface area (Å²) in [6.45, 7) is 0. The zero-order valence-corrected chi connectivity index (χ0v) is 16.0. The molecule has 0 atom stereocenters. The Labute approximate surface area is 179 Å². The van der Waals surface area contributed by atoms with E-state index >= 15 is 0 Å². The zero-order valence-electron chi connectivity index (χ0n) is 16.0. The maximum absolute atomic E-state index is 11.7. The predicted molar refractivity (Wildman–Crippen MR) is 108 cm³/mol. The number of aromatic carboxylic acids is 4. The molecule has 5 N–H and O–H groups in total. The molecule has 0 saturated heterocycles. The maximum atomic E-state index is 11.7. The monoisotopic (exact) mass is 438 g/mol. The van der Waals surface area contributed by atoms with Gasteiger partial charge in [0.2, 0.25) is 0 Å². The lowest BCUT2D eigenvalue weighted by Gasteiger charge is -2.16. The number of carbonyl (C=O) groups is 4. The number of hydrogen-bond donors (Lipinski definition) is 5. The summed E-state index contributed by atoms with van der Waals surface area (Å²) in [5, 5.41) is 47.6. The van der Waals surface area contributed by atoms with Crippen LogP contribution < -0.4 is 4.74 Å². The van der Waals surface area contributed by atoms with Crippen LogP contribution in [0.2, 0.25) is 0 Å². The first-order chi connectivity index (χ1) is 15.1. The van der Waals surface area contributed by atoms with Crippen LogP contribution in [0.25, 0.3) is 11.1 Å². The van der Waals surface area contributed by atoms with Gasteiger partial charge in [0.1, 0.15) is 22.8 Å². The molecule has 0 amide bonds. The first-order valence-corrected chi connectivity index (χ1v) is 8.81. The third kappa shape index (κ3) is 4.19. The Hall–Kier alpha value is -4.86. The molecule has 0 aliphatic carbocycles. The average molecular weight is 438 g/mol. The molecule has 0 bridgehead atoms. The Morgan fingerprint density at radius 1 is 0.625 bits per heavy atom. The largest absolute Gasteiger partial charge is 0.507 e. The van der Waals surface area contributed by atoms with Crippen LogP contribution in [0.5, 0.6) is 17.2 Å². The minimum atomic E-state index is -1.47. The number of phenols is 1. The number of carboxylic acids is 4. The summed E-state index contributed by atoms with van der Waals surface area (Å²) >= 11 is 0. The second-order valence-corrected chi connectivity index (χ2v) is 6.44. The van der Waals surface area contributed by atoms with Crippen LogP contribution in [0.1, 0.15) is 41.4 Å². The van der Waals surface area contributed by atoms with Crippen LogP contribution in [-0.4, -0.2) is 49.4 Å². The first-order valence-electron chi connectivity index (χ1n) is 8.81. The lowest BCUT2D eigenvalue weighted by Crippen LogP contribution is -2.06. The zero-order chi connectivity index (χ0) is 23.6. The highest BCUT2D eigenvalue weighted by Crippen LogP contribution is 2.42. The fraction of sp³-hybridized carbons (Fsp3) is 0. The van der Waals surface area contributed by atoms with E-state index in [1.165, 1.54) is 24.3 Å². The van der Waals surface area contributed by atoms with Gasteiger partial charge in [-0.15, -0.1) is 0 Å².